The van der Waals surface area contributed by atoms with Crippen LogP contribution in [0.1, 0.15) is 47.0 Å². The summed E-state index contributed by atoms with van der Waals surface area (Å²) in [6, 6.07) is 0. The second-order valence-corrected chi connectivity index (χ2v) is 6.56. The summed E-state index contributed by atoms with van der Waals surface area (Å²) in [5.41, 5.74) is -0.823. The van der Waals surface area contributed by atoms with Crippen LogP contribution < -0.4 is 0 Å². The van der Waals surface area contributed by atoms with Crippen LogP contribution >= 0.6 is 0 Å². The molecule has 0 aromatic carbocycles. The third-order valence-electron chi connectivity index (χ3n) is 4.94. The first-order valence-electron chi connectivity index (χ1n) is 6.68. The molecular formula is C15H22O3. The van der Waals surface area contributed by atoms with Crippen LogP contribution in [0.4, 0.5) is 0 Å². The average Bonchev–Trinajstić information content (AvgIpc) is 2.47. The summed E-state index contributed by atoms with van der Waals surface area (Å²) in [6.07, 6.45) is 3.17. The SMILES string of the molecule is CC1=CC(=O)[C@@H]2[C@](C)(CC[C@@]2(O)C(C)C)CC1=O. The highest BCUT2D eigenvalue weighted by Gasteiger charge is 2.59. The van der Waals surface area contributed by atoms with Gasteiger partial charge >= 0.3 is 0 Å². The van der Waals surface area contributed by atoms with Gasteiger partial charge in [0.15, 0.2) is 11.6 Å². The first kappa shape index (κ1) is 13.5. The highest BCUT2D eigenvalue weighted by Crippen LogP contribution is 2.55. The number of aliphatic hydroxyl groups is 1. The van der Waals surface area contributed by atoms with Crippen molar-refractivity contribution in [3.63, 3.8) is 0 Å². The second kappa shape index (κ2) is 4.02. The molecule has 1 saturated carbocycles. The summed E-state index contributed by atoms with van der Waals surface area (Å²) < 4.78 is 0. The molecule has 0 amide bonds. The maximum absolute atomic E-state index is 12.4. The molecule has 0 aliphatic heterocycles. The fourth-order valence-corrected chi connectivity index (χ4v) is 3.66. The Kier molecular flexibility index (Phi) is 3.01. The molecule has 2 rings (SSSR count). The van der Waals surface area contributed by atoms with Crippen LogP contribution in [-0.2, 0) is 9.59 Å². The van der Waals surface area contributed by atoms with Gasteiger partial charge in [-0.3, -0.25) is 9.59 Å². The first-order chi connectivity index (χ1) is 8.20. The zero-order valence-electron chi connectivity index (χ0n) is 11.6. The summed E-state index contributed by atoms with van der Waals surface area (Å²) in [7, 11) is 0. The molecule has 0 bridgehead atoms. The van der Waals surface area contributed by atoms with Crippen molar-refractivity contribution in [3.8, 4) is 0 Å². The van der Waals surface area contributed by atoms with E-state index in [4.69, 9.17) is 0 Å². The highest BCUT2D eigenvalue weighted by atomic mass is 16.3. The maximum Gasteiger partial charge on any atom is 0.162 e. The van der Waals surface area contributed by atoms with Gasteiger partial charge in [-0.2, -0.15) is 0 Å². The average molecular weight is 250 g/mol. The van der Waals surface area contributed by atoms with E-state index in [9.17, 15) is 14.7 Å². The van der Waals surface area contributed by atoms with E-state index in [1.54, 1.807) is 6.92 Å². The Bertz CT molecular complexity index is 435. The molecule has 2 aliphatic rings. The van der Waals surface area contributed by atoms with Gasteiger partial charge in [0, 0.05) is 6.42 Å². The Morgan fingerprint density at radius 3 is 2.50 bits per heavy atom. The molecule has 3 heteroatoms. The summed E-state index contributed by atoms with van der Waals surface area (Å²) in [6.45, 7) is 7.56. The minimum Gasteiger partial charge on any atom is -0.389 e. The Morgan fingerprint density at radius 1 is 1.33 bits per heavy atom. The van der Waals surface area contributed by atoms with Gasteiger partial charge in [0.2, 0.25) is 0 Å². The molecule has 2 aliphatic carbocycles. The lowest BCUT2D eigenvalue weighted by Gasteiger charge is -2.38. The van der Waals surface area contributed by atoms with Gasteiger partial charge in [0.05, 0.1) is 11.5 Å². The lowest BCUT2D eigenvalue weighted by atomic mass is 9.68. The largest absolute Gasteiger partial charge is 0.389 e. The number of allylic oxidation sites excluding steroid dienone is 2. The third kappa shape index (κ3) is 1.76. The monoisotopic (exact) mass is 250 g/mol. The smallest absolute Gasteiger partial charge is 0.162 e. The van der Waals surface area contributed by atoms with E-state index in [-0.39, 0.29) is 22.9 Å². The van der Waals surface area contributed by atoms with Gasteiger partial charge < -0.3 is 5.11 Å². The second-order valence-electron chi connectivity index (χ2n) is 6.56. The van der Waals surface area contributed by atoms with E-state index in [2.05, 4.69) is 0 Å². The van der Waals surface area contributed by atoms with Crippen molar-refractivity contribution >= 4 is 11.6 Å². The highest BCUT2D eigenvalue weighted by molar-refractivity contribution is 6.06. The van der Waals surface area contributed by atoms with Gasteiger partial charge in [0.1, 0.15) is 0 Å². The molecular weight excluding hydrogens is 228 g/mol. The van der Waals surface area contributed by atoms with Gasteiger partial charge in [-0.25, -0.2) is 0 Å². The van der Waals surface area contributed by atoms with Crippen LogP contribution in [-0.4, -0.2) is 22.3 Å². The van der Waals surface area contributed by atoms with Gasteiger partial charge in [0.25, 0.3) is 0 Å². The molecule has 3 nitrogen and oxygen atoms in total. The third-order valence-corrected chi connectivity index (χ3v) is 4.94. The molecule has 3 atom stereocenters. The van der Waals surface area contributed by atoms with Crippen molar-refractivity contribution in [2.75, 3.05) is 0 Å². The number of fused-ring (bicyclic) bond motifs is 1. The molecule has 1 fully saturated rings. The van der Waals surface area contributed by atoms with Crippen LogP contribution in [0.2, 0.25) is 0 Å². The van der Waals surface area contributed by atoms with E-state index in [1.807, 2.05) is 20.8 Å². The molecule has 0 spiro atoms. The number of hydrogen-bond donors (Lipinski definition) is 1. The van der Waals surface area contributed by atoms with Crippen LogP contribution in [0.25, 0.3) is 0 Å². The zero-order chi connectivity index (χ0) is 13.7. The minimum absolute atomic E-state index is 0.0233. The van der Waals surface area contributed by atoms with Gasteiger partial charge in [-0.05, 0) is 42.7 Å². The number of ketones is 2. The van der Waals surface area contributed by atoms with Crippen LogP contribution in [0.5, 0.6) is 0 Å². The van der Waals surface area contributed by atoms with Crippen molar-refractivity contribution in [3.05, 3.63) is 11.6 Å². The lowest BCUT2D eigenvalue weighted by molar-refractivity contribution is -0.135. The Balaban J connectivity index is 2.50. The molecule has 0 radical (unpaired) electrons. The summed E-state index contributed by atoms with van der Waals surface area (Å²) in [5.74, 6) is -0.447. The molecule has 1 N–H and O–H groups in total. The first-order valence-corrected chi connectivity index (χ1v) is 6.68. The number of hydrogen-bond acceptors (Lipinski definition) is 3. The normalized spacial score (nSPS) is 40.8. The maximum atomic E-state index is 12.4. The van der Waals surface area contributed by atoms with Crippen molar-refractivity contribution in [2.24, 2.45) is 17.3 Å². The Hall–Kier alpha value is -0.960. The molecule has 0 aromatic heterocycles. The number of rotatable bonds is 1. The Labute approximate surface area is 108 Å². The van der Waals surface area contributed by atoms with E-state index >= 15 is 0 Å². The zero-order valence-corrected chi connectivity index (χ0v) is 11.6. The van der Waals surface area contributed by atoms with E-state index in [0.717, 1.165) is 6.42 Å². The molecule has 0 unspecified atom stereocenters. The quantitative estimate of drug-likeness (QED) is 0.776. The lowest BCUT2D eigenvalue weighted by Crippen LogP contribution is -2.47. The number of carbonyl (C=O) groups excluding carboxylic acids is 2. The summed E-state index contributed by atoms with van der Waals surface area (Å²) in [4.78, 5) is 24.4. The molecule has 18 heavy (non-hydrogen) atoms. The number of carbonyl (C=O) groups is 2. The van der Waals surface area contributed by atoms with E-state index in [0.29, 0.717) is 18.4 Å². The van der Waals surface area contributed by atoms with Crippen LogP contribution in [0.15, 0.2) is 11.6 Å². The van der Waals surface area contributed by atoms with Crippen LogP contribution in [0.3, 0.4) is 0 Å². The predicted octanol–water partition coefficient (Wildman–Crippen LogP) is 2.28. The minimum atomic E-state index is -0.965. The standard InChI is InChI=1S/C15H22O3/c1-9(2)15(18)6-5-14(4)8-12(17)10(3)7-11(16)13(14)15/h7,9,13,18H,5-6,8H2,1-4H3/t13-,14-,15-/m1/s1. The number of Topliss-reactive ketones (excluding diaryl/α,β-unsaturated/α-hetero) is 1. The Morgan fingerprint density at radius 2 is 1.94 bits per heavy atom. The molecule has 0 heterocycles. The van der Waals surface area contributed by atoms with E-state index in [1.165, 1.54) is 6.08 Å². The van der Waals surface area contributed by atoms with Crippen LogP contribution in [0, 0.1) is 17.3 Å². The fraction of sp³-hybridized carbons (Fsp3) is 0.733. The topological polar surface area (TPSA) is 54.4 Å². The predicted molar refractivity (Wildman–Crippen MR) is 69.0 cm³/mol. The van der Waals surface area contributed by atoms with Crippen molar-refractivity contribution < 1.29 is 14.7 Å². The van der Waals surface area contributed by atoms with Crippen molar-refractivity contribution in [1.29, 1.82) is 0 Å². The van der Waals surface area contributed by atoms with Crippen molar-refractivity contribution in [1.82, 2.24) is 0 Å². The summed E-state index contributed by atoms with van der Waals surface area (Å²) >= 11 is 0. The fourth-order valence-electron chi connectivity index (χ4n) is 3.66. The van der Waals surface area contributed by atoms with Gasteiger partial charge in [-0.1, -0.05) is 20.8 Å². The van der Waals surface area contributed by atoms with Gasteiger partial charge in [-0.15, -0.1) is 0 Å². The molecule has 100 valence electrons. The van der Waals surface area contributed by atoms with Crippen molar-refractivity contribution in [2.45, 2.75) is 52.6 Å². The van der Waals surface area contributed by atoms with E-state index < -0.39 is 11.5 Å². The molecule has 0 aromatic rings. The molecule has 0 saturated heterocycles. The summed E-state index contributed by atoms with van der Waals surface area (Å²) in [5, 5.41) is 10.8.